The fourth-order valence-corrected chi connectivity index (χ4v) is 7.39. The molecule has 9 nitrogen and oxygen atoms in total. The molecule has 0 spiro atoms. The van der Waals surface area contributed by atoms with Crippen molar-refractivity contribution in [2.75, 3.05) is 37.6 Å². The third-order valence-corrected chi connectivity index (χ3v) is 9.73. The minimum absolute atomic E-state index is 0.0160. The van der Waals surface area contributed by atoms with E-state index in [4.69, 9.17) is 0 Å². The Hall–Kier alpha value is -3.10. The van der Waals surface area contributed by atoms with Crippen LogP contribution in [0.4, 0.5) is 10.5 Å². The van der Waals surface area contributed by atoms with Crippen LogP contribution in [0.25, 0.3) is 0 Å². The van der Waals surface area contributed by atoms with E-state index < -0.39 is 0 Å². The number of amides is 5. The summed E-state index contributed by atoms with van der Waals surface area (Å²) in [6.07, 6.45) is 5.32. The summed E-state index contributed by atoms with van der Waals surface area (Å²) in [6.45, 7) is 11.5. The zero-order valence-corrected chi connectivity index (χ0v) is 25.2. The second-order valence-electron chi connectivity index (χ2n) is 13.3. The van der Waals surface area contributed by atoms with E-state index in [1.54, 1.807) is 4.90 Å². The topological polar surface area (TPSA) is 102 Å². The van der Waals surface area contributed by atoms with Crippen molar-refractivity contribution in [1.82, 2.24) is 20.4 Å². The number of likely N-dealkylation sites (tertiary alicyclic amines) is 1. The van der Waals surface area contributed by atoms with Crippen molar-refractivity contribution in [3.8, 4) is 0 Å². The van der Waals surface area contributed by atoms with E-state index in [0.29, 0.717) is 57.0 Å². The van der Waals surface area contributed by atoms with Gasteiger partial charge in [-0.05, 0) is 80.4 Å². The van der Waals surface area contributed by atoms with Gasteiger partial charge in [0.15, 0.2) is 0 Å². The highest BCUT2D eigenvalue weighted by Crippen LogP contribution is 2.37. The lowest BCUT2D eigenvalue weighted by Gasteiger charge is -2.51. The molecular formula is C32H47N5O4. The Bertz CT molecular complexity index is 1170. The molecular weight excluding hydrogens is 518 g/mol. The number of piperidine rings is 2. The normalized spacial score (nSPS) is 29.7. The van der Waals surface area contributed by atoms with E-state index in [1.807, 2.05) is 30.0 Å². The first-order valence-electron chi connectivity index (χ1n) is 15.6. The Labute approximate surface area is 244 Å². The molecule has 4 aliphatic rings. The predicted octanol–water partition coefficient (Wildman–Crippen LogP) is 3.94. The number of anilines is 1. The molecule has 4 fully saturated rings. The van der Waals surface area contributed by atoms with Gasteiger partial charge >= 0.3 is 6.03 Å². The summed E-state index contributed by atoms with van der Waals surface area (Å²) >= 11 is 0. The second kappa shape index (κ2) is 12.4. The lowest BCUT2D eigenvalue weighted by molar-refractivity contribution is -0.141. The number of rotatable bonds is 3. The van der Waals surface area contributed by atoms with E-state index in [2.05, 4.69) is 36.3 Å². The summed E-state index contributed by atoms with van der Waals surface area (Å²) in [4.78, 5) is 58.4. The summed E-state index contributed by atoms with van der Waals surface area (Å²) in [5, 5.41) is 6.09. The van der Waals surface area contributed by atoms with Crippen molar-refractivity contribution < 1.29 is 19.2 Å². The molecule has 1 aromatic rings. The minimum atomic E-state index is -0.129. The van der Waals surface area contributed by atoms with Gasteiger partial charge in [-0.15, -0.1) is 0 Å². The number of urea groups is 1. The highest BCUT2D eigenvalue weighted by Gasteiger charge is 2.44. The van der Waals surface area contributed by atoms with Gasteiger partial charge in [-0.3, -0.25) is 19.3 Å². The number of hydrogen-bond donors (Lipinski definition) is 2. The summed E-state index contributed by atoms with van der Waals surface area (Å²) in [6, 6.07) is 5.69. The monoisotopic (exact) mass is 565 g/mol. The van der Waals surface area contributed by atoms with Gasteiger partial charge in [0.05, 0.1) is 0 Å². The van der Waals surface area contributed by atoms with Crippen LogP contribution in [0.3, 0.4) is 0 Å². The maximum Gasteiger partial charge on any atom is 0.322 e. The van der Waals surface area contributed by atoms with Crippen LogP contribution in [0.5, 0.6) is 0 Å². The van der Waals surface area contributed by atoms with E-state index in [-0.39, 0.29) is 53.6 Å². The minimum Gasteiger partial charge on any atom is -0.353 e. The molecule has 224 valence electrons. The van der Waals surface area contributed by atoms with Crippen LogP contribution in [-0.2, 0) is 9.59 Å². The van der Waals surface area contributed by atoms with E-state index in [1.165, 1.54) is 0 Å². The van der Waals surface area contributed by atoms with Crippen LogP contribution >= 0.6 is 0 Å². The third kappa shape index (κ3) is 6.54. The number of fused-ring (bicyclic) bond motifs is 4. The summed E-state index contributed by atoms with van der Waals surface area (Å²) in [7, 11) is 0. The number of hydrogen-bond acceptors (Lipinski definition) is 4. The molecule has 0 unspecified atom stereocenters. The van der Waals surface area contributed by atoms with Gasteiger partial charge < -0.3 is 20.4 Å². The molecule has 2 N–H and O–H groups in total. The molecule has 5 amide bonds. The maximum absolute atomic E-state index is 13.8. The van der Waals surface area contributed by atoms with Crippen molar-refractivity contribution in [3.05, 3.63) is 29.3 Å². The quantitative estimate of drug-likeness (QED) is 0.580. The molecule has 0 saturated carbocycles. The van der Waals surface area contributed by atoms with Gasteiger partial charge in [0, 0.05) is 68.9 Å². The lowest BCUT2D eigenvalue weighted by Crippen LogP contribution is -2.60. The molecule has 0 aliphatic carbocycles. The fourth-order valence-electron chi connectivity index (χ4n) is 7.39. The fraction of sp³-hybridized carbons (Fsp3) is 0.688. The first kappa shape index (κ1) is 29.4. The molecule has 1 aromatic carbocycles. The van der Waals surface area contributed by atoms with Crippen LogP contribution in [0, 0.1) is 30.6 Å². The van der Waals surface area contributed by atoms with Crippen molar-refractivity contribution in [3.63, 3.8) is 0 Å². The molecule has 5 rings (SSSR count). The number of nitrogens with one attached hydrogen (secondary N) is 2. The number of aryl methyl sites for hydroxylation is 1. The summed E-state index contributed by atoms with van der Waals surface area (Å²) < 4.78 is 0. The van der Waals surface area contributed by atoms with Crippen LogP contribution < -0.4 is 15.5 Å². The van der Waals surface area contributed by atoms with Crippen LogP contribution in [-0.4, -0.2) is 78.4 Å². The Morgan fingerprint density at radius 1 is 1.05 bits per heavy atom. The largest absolute Gasteiger partial charge is 0.353 e. The Kier molecular flexibility index (Phi) is 8.90. The highest BCUT2D eigenvalue weighted by atomic mass is 16.2. The van der Waals surface area contributed by atoms with Crippen LogP contribution in [0.15, 0.2) is 18.2 Å². The average molecular weight is 566 g/mol. The second-order valence-corrected chi connectivity index (χ2v) is 13.3. The smallest absolute Gasteiger partial charge is 0.322 e. The highest BCUT2D eigenvalue weighted by molar-refractivity contribution is 5.99. The number of carbonyl (C=O) groups is 4. The van der Waals surface area contributed by atoms with E-state index in [0.717, 1.165) is 43.4 Å². The van der Waals surface area contributed by atoms with Gasteiger partial charge in [0.2, 0.25) is 11.8 Å². The summed E-state index contributed by atoms with van der Waals surface area (Å²) in [5.41, 5.74) is 2.34. The summed E-state index contributed by atoms with van der Waals surface area (Å²) in [5.74, 6) is 1.36. The molecule has 4 saturated heterocycles. The van der Waals surface area contributed by atoms with Crippen molar-refractivity contribution in [1.29, 1.82) is 0 Å². The number of carbonyl (C=O) groups excluding carboxylic acids is 4. The molecule has 41 heavy (non-hydrogen) atoms. The number of benzene rings is 1. The Morgan fingerprint density at radius 2 is 1.85 bits per heavy atom. The molecule has 2 bridgehead atoms. The van der Waals surface area contributed by atoms with Gasteiger partial charge in [-0.25, -0.2) is 4.79 Å². The van der Waals surface area contributed by atoms with Gasteiger partial charge in [0.1, 0.15) is 0 Å². The standard InChI is InChI=1S/C32H47N5O4/c1-20(2)26-11-8-21(3)14-30(39)37-18-23-15-25(27(37)6-5-7-29(38)34-26)19-35(17-23)31(40)24-10-9-22(4)28(16-24)36-13-12-33-32(36)41/h9-10,16,20-21,23,25-27H,5-8,11-15,17-19H2,1-4H3,(H,33,41)(H,34,38)/t21-,23+,25-,26+,27+/m1/s1. The SMILES string of the molecule is Cc1ccc(C(=O)N2C[C@@H]3C[C@H](C2)[C@@H]2CCCC(=O)N[C@H](C(C)C)CC[C@@H](C)CC(=O)N2C3)cc1N1CCNC1=O. The van der Waals surface area contributed by atoms with Gasteiger partial charge in [0.25, 0.3) is 5.91 Å². The zero-order valence-electron chi connectivity index (χ0n) is 25.2. The van der Waals surface area contributed by atoms with Gasteiger partial charge in [-0.1, -0.05) is 26.8 Å². The van der Waals surface area contributed by atoms with E-state index >= 15 is 0 Å². The van der Waals surface area contributed by atoms with Crippen LogP contribution in [0.2, 0.25) is 0 Å². The Balaban J connectivity index is 1.32. The Morgan fingerprint density at radius 3 is 2.59 bits per heavy atom. The molecule has 0 radical (unpaired) electrons. The predicted molar refractivity (Wildman–Crippen MR) is 159 cm³/mol. The lowest BCUT2D eigenvalue weighted by atomic mass is 9.77. The van der Waals surface area contributed by atoms with Gasteiger partial charge in [-0.2, -0.15) is 0 Å². The first-order chi connectivity index (χ1) is 19.6. The third-order valence-electron chi connectivity index (χ3n) is 9.73. The van der Waals surface area contributed by atoms with E-state index in [9.17, 15) is 19.2 Å². The molecule has 4 heterocycles. The number of nitrogens with zero attached hydrogens (tertiary/aromatic N) is 3. The molecule has 0 aromatic heterocycles. The maximum atomic E-state index is 13.8. The van der Waals surface area contributed by atoms with Crippen molar-refractivity contribution >= 4 is 29.4 Å². The molecule has 5 atom stereocenters. The zero-order chi connectivity index (χ0) is 29.3. The van der Waals surface area contributed by atoms with Crippen molar-refractivity contribution in [2.24, 2.45) is 23.7 Å². The van der Waals surface area contributed by atoms with Crippen LogP contribution in [0.1, 0.15) is 81.6 Å². The average Bonchev–Trinajstić information content (AvgIpc) is 3.36. The first-order valence-corrected chi connectivity index (χ1v) is 15.6. The molecule has 4 aliphatic heterocycles. The molecule has 9 heteroatoms. The van der Waals surface area contributed by atoms with Crippen molar-refractivity contribution in [2.45, 2.75) is 84.7 Å².